The molecule has 0 aromatic rings. The van der Waals surface area contributed by atoms with Gasteiger partial charge >= 0.3 is 56.8 Å². The second kappa shape index (κ2) is 42.7. The molecule has 0 aliphatic carbocycles. The molecule has 0 aromatic heterocycles. The van der Waals surface area contributed by atoms with E-state index in [1.165, 1.54) is 0 Å². The number of carbonyl (C=O) groups is 4. The Labute approximate surface area is 168 Å². The third-order valence-corrected chi connectivity index (χ3v) is 0.493. The zero-order valence-electron chi connectivity index (χ0n) is 11.0. The number of urea groups is 4. The molecule has 18 heteroatoms. The van der Waals surface area contributed by atoms with Crippen LogP contribution in [0.25, 0.3) is 0 Å². The van der Waals surface area contributed by atoms with Gasteiger partial charge in [-0.1, -0.05) is 0 Å². The molecule has 0 unspecified atom stereocenters. The number of halogens is 3. The minimum atomic E-state index is -0.938. The molecule has 8 amide bonds. The smallest absolute Gasteiger partial charge is 1.00 e. The van der Waals surface area contributed by atoms with Crippen molar-refractivity contribution in [2.45, 2.75) is 0 Å². The molecular weight excluding hydrogens is 455 g/mol. The number of primary amides is 4. The van der Waals surface area contributed by atoms with Crippen molar-refractivity contribution in [1.29, 1.82) is 0 Å². The summed E-state index contributed by atoms with van der Waals surface area (Å²) < 4.78 is 0. The normalized spacial score (nSPS) is 4.73. The molecule has 0 saturated carbocycles. The van der Waals surface area contributed by atoms with Gasteiger partial charge in [0.25, 0.3) is 0 Å². The van der Waals surface area contributed by atoms with Crippen LogP contribution >= 0.6 is 0 Å². The fourth-order valence-electron chi connectivity index (χ4n) is 0.243. The van der Waals surface area contributed by atoms with Crippen LogP contribution in [0.4, 0.5) is 19.2 Å². The molecule has 0 saturated heterocycles. The molecule has 0 atom stereocenters. The maximum absolute atomic E-state index is 9.62. The van der Waals surface area contributed by atoms with Crippen LogP contribution in [0, 0.1) is 0 Å². The summed E-state index contributed by atoms with van der Waals surface area (Å²) in [7, 11) is 0. The van der Waals surface area contributed by atoms with E-state index < -0.39 is 24.1 Å². The summed E-state index contributed by atoms with van der Waals surface area (Å²) in [5, 5.41) is 3.17. The van der Waals surface area contributed by atoms with Crippen molar-refractivity contribution in [3.05, 3.63) is 0 Å². The molecule has 0 spiro atoms. The summed E-state index contributed by atoms with van der Waals surface area (Å²) in [5.41, 5.74) is 17.8. The minimum Gasteiger partial charge on any atom is -1.00 e. The van der Waals surface area contributed by atoms with Crippen LogP contribution in [0.5, 0.6) is 0 Å². The maximum Gasteiger partial charge on any atom is 3.00 e. The first-order chi connectivity index (χ1) is 6.25. The second-order valence-electron chi connectivity index (χ2n) is 1.71. The number of imide groups is 2. The topological polar surface area (TPSA) is 328 Å². The Hall–Kier alpha value is -0.706. The average Bonchev–Trinajstić information content (AvgIpc) is 1.79. The van der Waals surface area contributed by atoms with Crippen LogP contribution < -0.4 is 70.8 Å². The second-order valence-corrected chi connectivity index (χ2v) is 1.71. The Bertz CT molecular complexity index is 224. The van der Waals surface area contributed by atoms with Crippen molar-refractivity contribution in [2.24, 2.45) is 22.9 Å². The zero-order valence-corrected chi connectivity index (χ0v) is 16.1. The Kier molecular flexibility index (Phi) is 134. The van der Waals surface area contributed by atoms with Crippen molar-refractivity contribution < 1.29 is 111 Å². The number of nitrogens with two attached hydrogens (primary N) is 4. The van der Waals surface area contributed by atoms with E-state index in [0.29, 0.717) is 0 Å². The number of rotatable bonds is 0. The predicted molar refractivity (Wildman–Crippen MR) is 64.1 cm³/mol. The molecule has 0 aliphatic rings. The number of hydrogen-bond acceptors (Lipinski definition) is 4. The summed E-state index contributed by atoms with van der Waals surface area (Å²) in [4.78, 5) is 38.5. The average molecular weight is 478 g/mol. The van der Waals surface area contributed by atoms with Gasteiger partial charge in [0.05, 0.1) is 0 Å². The summed E-state index contributed by atoms with van der Waals surface area (Å²) in [6.45, 7) is 0. The van der Waals surface area contributed by atoms with E-state index in [4.69, 9.17) is 0 Å². The van der Waals surface area contributed by atoms with Gasteiger partial charge in [0, 0.05) is 0 Å². The largest absolute Gasteiger partial charge is 3.00 e. The molecule has 14 nitrogen and oxygen atoms in total. The van der Waals surface area contributed by atoms with Crippen LogP contribution in [-0.4, -0.2) is 24.1 Å². The zero-order chi connectivity index (χ0) is 11.7. The molecule has 0 aromatic carbocycles. The van der Waals surface area contributed by atoms with Gasteiger partial charge in [-0.25, -0.2) is 19.2 Å². The van der Waals surface area contributed by atoms with Crippen molar-refractivity contribution in [3.8, 4) is 0 Å². The minimum absolute atomic E-state index is 0. The molecular formula is C4H22Cl3N6O8Y+4. The van der Waals surface area contributed by atoms with E-state index in [1.54, 1.807) is 10.6 Å². The number of hydrogen-bond donors (Lipinski definition) is 6. The van der Waals surface area contributed by atoms with Crippen molar-refractivity contribution in [1.82, 2.24) is 10.6 Å². The maximum atomic E-state index is 9.62. The van der Waals surface area contributed by atoms with Crippen LogP contribution in [-0.2, 0) is 54.6 Å². The summed E-state index contributed by atoms with van der Waals surface area (Å²) in [6.07, 6.45) is 0. The van der Waals surface area contributed by atoms with E-state index in [1.807, 2.05) is 0 Å². The Morgan fingerprint density at radius 2 is 0.591 bits per heavy atom. The van der Waals surface area contributed by atoms with Crippen LogP contribution in [0.15, 0.2) is 0 Å². The van der Waals surface area contributed by atoms with Gasteiger partial charge in [0.1, 0.15) is 0 Å². The van der Waals surface area contributed by atoms with E-state index in [9.17, 15) is 19.2 Å². The monoisotopic (exact) mass is 476 g/mol. The fraction of sp³-hybridized carbons (Fsp3) is 0. The van der Waals surface area contributed by atoms with Gasteiger partial charge in [-0.2, -0.15) is 0 Å². The molecule has 0 rings (SSSR count). The van der Waals surface area contributed by atoms with Crippen molar-refractivity contribution in [3.63, 3.8) is 0 Å². The summed E-state index contributed by atoms with van der Waals surface area (Å²) in [5.74, 6) is 0. The van der Waals surface area contributed by atoms with Gasteiger partial charge in [-0.3, -0.25) is 10.6 Å². The van der Waals surface area contributed by atoms with Crippen LogP contribution in [0.2, 0.25) is 0 Å². The van der Waals surface area contributed by atoms with Gasteiger partial charge in [0.15, 0.2) is 0 Å². The first kappa shape index (κ1) is 68.8. The van der Waals surface area contributed by atoms with Gasteiger partial charge in [-0.05, 0) is 0 Å². The number of carbonyl (C=O) groups excluding carboxylic acids is 4. The molecule has 0 bridgehead atoms. The third kappa shape index (κ3) is 121. The quantitative estimate of drug-likeness (QED) is 0.185. The molecule has 0 heterocycles. The van der Waals surface area contributed by atoms with Gasteiger partial charge in [0.2, 0.25) is 0 Å². The first-order valence-corrected chi connectivity index (χ1v) is 2.97. The van der Waals surface area contributed by atoms with Crippen LogP contribution in [0.1, 0.15) is 0 Å². The molecule has 0 radical (unpaired) electrons. The standard InChI is InChI=1S/2C2H5N3O2.3ClH.4H2O.Y/c2*3-1(6)5-2(4)7;;;;;;;;/h2*(H5,3,4,5,6,7);3*1H;4*1H2;/q;;;;;;;;;+3/p+1. The van der Waals surface area contributed by atoms with E-state index in [2.05, 4.69) is 22.9 Å². The number of amides is 8. The summed E-state index contributed by atoms with van der Waals surface area (Å²) >= 11 is 0. The van der Waals surface area contributed by atoms with E-state index in [0.717, 1.165) is 0 Å². The van der Waals surface area contributed by atoms with E-state index >= 15 is 0 Å². The SMILES string of the molecule is NC(=O)NC(N)=O.NC(=O)NC(N)=O.[Cl-].[Cl-].[Cl-].[OH3+].[OH3+].[OH3+].[OH3+].[Y+3]. The number of nitrogens with one attached hydrogen (secondary N) is 2. The van der Waals surface area contributed by atoms with Gasteiger partial charge in [-0.15, -0.1) is 0 Å². The third-order valence-electron chi connectivity index (χ3n) is 0.493. The first-order valence-electron chi connectivity index (χ1n) is 2.97. The van der Waals surface area contributed by atoms with Crippen molar-refractivity contribution >= 4 is 24.1 Å². The molecule has 0 aliphatic heterocycles. The fourth-order valence-corrected chi connectivity index (χ4v) is 0.243. The molecule has 22 heavy (non-hydrogen) atoms. The van der Waals surface area contributed by atoms with Gasteiger partial charge < -0.3 is 82.1 Å². The molecule has 0 fully saturated rings. The predicted octanol–water partition coefficient (Wildman–Crippen LogP) is -15.2. The Balaban J connectivity index is -0.0000000120. The molecule has 22 N–H and O–H groups in total. The Morgan fingerprint density at radius 1 is 0.500 bits per heavy atom. The Morgan fingerprint density at radius 3 is 0.591 bits per heavy atom. The molecule has 136 valence electrons. The van der Waals surface area contributed by atoms with E-state index in [-0.39, 0.29) is 91.8 Å². The van der Waals surface area contributed by atoms with Crippen molar-refractivity contribution in [2.75, 3.05) is 0 Å². The van der Waals surface area contributed by atoms with Crippen LogP contribution in [0.3, 0.4) is 0 Å². The summed E-state index contributed by atoms with van der Waals surface area (Å²) in [6, 6.07) is -3.75.